The molecule has 0 saturated carbocycles. The smallest absolute Gasteiger partial charge is 0.231 e. The van der Waals surface area contributed by atoms with Gasteiger partial charge in [-0.25, -0.2) is 0 Å². The average molecular weight is 378 g/mol. The largest absolute Gasteiger partial charge is 0.454 e. The molecular formula is C22H22N2O4. The summed E-state index contributed by atoms with van der Waals surface area (Å²) in [6.45, 7) is 3.75. The van der Waals surface area contributed by atoms with Crippen molar-refractivity contribution in [3.8, 4) is 17.6 Å². The fourth-order valence-corrected chi connectivity index (χ4v) is 3.83. The number of nitrogens with zero attached hydrogens (tertiary/aromatic N) is 1. The number of hydrogen-bond acceptors (Lipinski definition) is 6. The van der Waals surface area contributed by atoms with Gasteiger partial charge in [0.15, 0.2) is 17.3 Å². The average Bonchev–Trinajstić information content (AvgIpc) is 3.20. The van der Waals surface area contributed by atoms with E-state index in [1.165, 1.54) is 6.92 Å². The Morgan fingerprint density at radius 2 is 1.93 bits per heavy atom. The zero-order valence-corrected chi connectivity index (χ0v) is 15.8. The zero-order valence-electron chi connectivity index (χ0n) is 15.8. The number of Topliss-reactive ketones (excluding diaryl/α,β-unsaturated/α-hetero) is 1. The first kappa shape index (κ1) is 18.3. The van der Waals surface area contributed by atoms with Crippen LogP contribution in [0.25, 0.3) is 0 Å². The summed E-state index contributed by atoms with van der Waals surface area (Å²) < 4.78 is 16.6. The first-order chi connectivity index (χ1) is 13.6. The monoisotopic (exact) mass is 378 g/mol. The van der Waals surface area contributed by atoms with Crippen LogP contribution in [0.2, 0.25) is 0 Å². The number of hydrogen-bond donors (Lipinski definition) is 1. The van der Waals surface area contributed by atoms with E-state index >= 15 is 0 Å². The third-order valence-corrected chi connectivity index (χ3v) is 5.60. The highest BCUT2D eigenvalue weighted by molar-refractivity contribution is 5.95. The van der Waals surface area contributed by atoms with Gasteiger partial charge in [0.1, 0.15) is 6.07 Å². The lowest BCUT2D eigenvalue weighted by Crippen LogP contribution is -2.40. The number of anilines is 1. The maximum atomic E-state index is 11.7. The van der Waals surface area contributed by atoms with Gasteiger partial charge in [0.2, 0.25) is 6.79 Å². The molecule has 2 aliphatic rings. The van der Waals surface area contributed by atoms with Gasteiger partial charge in [-0.3, -0.25) is 4.79 Å². The minimum atomic E-state index is -0.155. The number of fused-ring (bicyclic) bond motifs is 1. The van der Waals surface area contributed by atoms with Gasteiger partial charge < -0.3 is 19.5 Å². The lowest BCUT2D eigenvalue weighted by atomic mass is 9.74. The van der Waals surface area contributed by atoms with Crippen LogP contribution < -0.4 is 14.8 Å². The number of ketones is 1. The number of ether oxygens (including phenoxy) is 3. The standard InChI is InChI=1S/C22H22N2O4/c1-15(25)16-2-3-17(12-23)19(10-16)24-13-22(6-8-26-9-7-22)18-4-5-20-21(11-18)28-14-27-20/h2-5,10-11,24H,6-9,13-14H2,1H3. The van der Waals surface area contributed by atoms with Crippen molar-refractivity contribution >= 4 is 11.5 Å². The molecule has 2 aromatic rings. The Balaban J connectivity index is 1.64. The quantitative estimate of drug-likeness (QED) is 0.800. The molecule has 2 heterocycles. The Morgan fingerprint density at radius 3 is 2.68 bits per heavy atom. The van der Waals surface area contributed by atoms with Crippen molar-refractivity contribution in [2.75, 3.05) is 31.9 Å². The van der Waals surface area contributed by atoms with Gasteiger partial charge in [-0.15, -0.1) is 0 Å². The first-order valence-electron chi connectivity index (χ1n) is 9.38. The van der Waals surface area contributed by atoms with E-state index in [2.05, 4.69) is 17.5 Å². The van der Waals surface area contributed by atoms with Crippen molar-refractivity contribution < 1.29 is 19.0 Å². The molecule has 4 rings (SSSR count). The lowest BCUT2D eigenvalue weighted by Gasteiger charge is -2.38. The molecule has 0 unspecified atom stereocenters. The van der Waals surface area contributed by atoms with Crippen molar-refractivity contribution in [2.24, 2.45) is 0 Å². The summed E-state index contributed by atoms with van der Waals surface area (Å²) in [6, 6.07) is 13.4. The van der Waals surface area contributed by atoms with Gasteiger partial charge in [0.25, 0.3) is 0 Å². The van der Waals surface area contributed by atoms with Crippen LogP contribution in [0.4, 0.5) is 5.69 Å². The molecule has 0 atom stereocenters. The van der Waals surface area contributed by atoms with Gasteiger partial charge in [-0.05, 0) is 55.7 Å². The van der Waals surface area contributed by atoms with Crippen LogP contribution in [-0.2, 0) is 10.2 Å². The van der Waals surface area contributed by atoms with Crippen LogP contribution >= 0.6 is 0 Å². The minimum Gasteiger partial charge on any atom is -0.454 e. The number of carbonyl (C=O) groups is 1. The SMILES string of the molecule is CC(=O)c1ccc(C#N)c(NCC2(c3ccc4c(c3)OCO4)CCOCC2)c1. The number of nitriles is 1. The fourth-order valence-electron chi connectivity index (χ4n) is 3.83. The van der Waals surface area contributed by atoms with E-state index in [0.29, 0.717) is 36.6 Å². The van der Waals surface area contributed by atoms with Crippen molar-refractivity contribution in [1.29, 1.82) is 5.26 Å². The van der Waals surface area contributed by atoms with E-state index in [4.69, 9.17) is 14.2 Å². The predicted octanol–water partition coefficient (Wildman–Crippen LogP) is 3.65. The molecule has 1 N–H and O–H groups in total. The molecule has 0 aromatic heterocycles. The number of carbonyl (C=O) groups excluding carboxylic acids is 1. The van der Waals surface area contributed by atoms with E-state index in [0.717, 1.165) is 29.9 Å². The molecule has 0 bridgehead atoms. The maximum absolute atomic E-state index is 11.7. The fraction of sp³-hybridized carbons (Fsp3) is 0.364. The Labute approximate surface area is 164 Å². The third-order valence-electron chi connectivity index (χ3n) is 5.60. The van der Waals surface area contributed by atoms with Gasteiger partial charge in [0.05, 0.1) is 11.3 Å². The van der Waals surface area contributed by atoms with Gasteiger partial charge in [-0.2, -0.15) is 5.26 Å². The van der Waals surface area contributed by atoms with Crippen molar-refractivity contribution in [3.63, 3.8) is 0 Å². The highest BCUT2D eigenvalue weighted by Gasteiger charge is 2.35. The summed E-state index contributed by atoms with van der Waals surface area (Å²) in [5, 5.41) is 12.9. The second kappa shape index (κ2) is 7.53. The summed E-state index contributed by atoms with van der Waals surface area (Å²) in [5.74, 6) is 1.50. The van der Waals surface area contributed by atoms with Gasteiger partial charge in [-0.1, -0.05) is 6.07 Å². The number of benzene rings is 2. The Morgan fingerprint density at radius 1 is 1.14 bits per heavy atom. The molecule has 6 nitrogen and oxygen atoms in total. The van der Waals surface area contributed by atoms with E-state index in [-0.39, 0.29) is 18.0 Å². The highest BCUT2D eigenvalue weighted by atomic mass is 16.7. The molecule has 6 heteroatoms. The minimum absolute atomic E-state index is 0.0240. The van der Waals surface area contributed by atoms with E-state index in [1.807, 2.05) is 12.1 Å². The summed E-state index contributed by atoms with van der Waals surface area (Å²) in [7, 11) is 0. The molecule has 1 saturated heterocycles. The number of rotatable bonds is 5. The maximum Gasteiger partial charge on any atom is 0.231 e. The summed E-state index contributed by atoms with van der Waals surface area (Å²) in [4.78, 5) is 11.7. The molecule has 2 aliphatic heterocycles. The van der Waals surface area contributed by atoms with E-state index in [9.17, 15) is 10.1 Å². The molecule has 144 valence electrons. The first-order valence-corrected chi connectivity index (χ1v) is 9.38. The van der Waals surface area contributed by atoms with Crippen LogP contribution in [0.15, 0.2) is 36.4 Å². The second-order valence-corrected chi connectivity index (χ2v) is 7.24. The van der Waals surface area contributed by atoms with Crippen LogP contribution in [0.3, 0.4) is 0 Å². The molecule has 0 spiro atoms. The van der Waals surface area contributed by atoms with Gasteiger partial charge >= 0.3 is 0 Å². The zero-order chi connectivity index (χ0) is 19.6. The van der Waals surface area contributed by atoms with Crippen LogP contribution in [0, 0.1) is 11.3 Å². The number of nitrogens with one attached hydrogen (secondary N) is 1. The highest BCUT2D eigenvalue weighted by Crippen LogP contribution is 2.41. The summed E-state index contributed by atoms with van der Waals surface area (Å²) >= 11 is 0. The molecule has 28 heavy (non-hydrogen) atoms. The third kappa shape index (κ3) is 3.41. The molecule has 2 aromatic carbocycles. The van der Waals surface area contributed by atoms with Crippen molar-refractivity contribution in [1.82, 2.24) is 0 Å². The summed E-state index contributed by atoms with van der Waals surface area (Å²) in [5.41, 5.74) is 2.80. The van der Waals surface area contributed by atoms with Crippen LogP contribution in [0.1, 0.15) is 41.3 Å². The topological polar surface area (TPSA) is 80.6 Å². The lowest BCUT2D eigenvalue weighted by molar-refractivity contribution is 0.0543. The Bertz CT molecular complexity index is 942. The molecule has 1 fully saturated rings. The normalized spacial score (nSPS) is 17.0. The van der Waals surface area contributed by atoms with Crippen LogP contribution in [0.5, 0.6) is 11.5 Å². The predicted molar refractivity (Wildman–Crippen MR) is 104 cm³/mol. The molecular weight excluding hydrogens is 356 g/mol. The Hall–Kier alpha value is -3.04. The second-order valence-electron chi connectivity index (χ2n) is 7.24. The summed E-state index contributed by atoms with van der Waals surface area (Å²) in [6.07, 6.45) is 1.71. The molecule has 0 radical (unpaired) electrons. The van der Waals surface area contributed by atoms with Crippen molar-refractivity contribution in [2.45, 2.75) is 25.2 Å². The van der Waals surface area contributed by atoms with Gasteiger partial charge in [0, 0.05) is 30.7 Å². The van der Waals surface area contributed by atoms with E-state index in [1.54, 1.807) is 18.2 Å². The van der Waals surface area contributed by atoms with Crippen molar-refractivity contribution in [3.05, 3.63) is 53.1 Å². The van der Waals surface area contributed by atoms with Crippen LogP contribution in [-0.4, -0.2) is 32.3 Å². The molecule has 0 aliphatic carbocycles. The van der Waals surface area contributed by atoms with E-state index < -0.39 is 0 Å². The Kier molecular flexibility index (Phi) is 4.93. The molecule has 0 amide bonds.